The van der Waals surface area contributed by atoms with E-state index in [9.17, 15) is 4.55 Å². The highest BCUT2D eigenvalue weighted by atomic mass is 32.2. The minimum absolute atomic E-state index is 0.842. The lowest BCUT2D eigenvalue weighted by molar-refractivity contribution is 0.601. The monoisotopic (exact) mass is 246 g/mol. The largest absolute Gasteiger partial charge is 0.612 e. The summed E-state index contributed by atoms with van der Waals surface area (Å²) >= 11 is -0.923. The molecule has 90 valence electrons. The van der Waals surface area contributed by atoms with Crippen LogP contribution in [0.5, 0.6) is 0 Å². The van der Waals surface area contributed by atoms with Gasteiger partial charge in [-0.15, -0.1) is 0 Å². The molecular weight excluding hydrogens is 228 g/mol. The summed E-state index contributed by atoms with van der Waals surface area (Å²) in [5, 5.41) is 0. The second-order valence-electron chi connectivity index (χ2n) is 4.14. The zero-order chi connectivity index (χ0) is 13.0. The Labute approximate surface area is 107 Å². The lowest BCUT2D eigenvalue weighted by Crippen LogP contribution is -1.96. The highest BCUT2D eigenvalue weighted by molar-refractivity contribution is 7.90. The van der Waals surface area contributed by atoms with Crippen molar-refractivity contribution in [3.8, 4) is 0 Å². The van der Waals surface area contributed by atoms with Gasteiger partial charge in [-0.3, -0.25) is 0 Å². The van der Waals surface area contributed by atoms with Crippen molar-refractivity contribution < 1.29 is 4.55 Å². The molecule has 0 amide bonds. The van der Waals surface area contributed by atoms with Crippen molar-refractivity contribution in [2.45, 2.75) is 18.7 Å². The van der Waals surface area contributed by atoms with Crippen LogP contribution < -0.4 is 0 Å². The first-order chi connectivity index (χ1) is 7.91. The maximum Gasteiger partial charge on any atom is 0.152 e. The zero-order valence-electron chi connectivity index (χ0n) is 10.6. The van der Waals surface area contributed by atoms with Gasteiger partial charge in [0, 0.05) is 0 Å². The van der Waals surface area contributed by atoms with E-state index >= 15 is 0 Å². The fourth-order valence-electron chi connectivity index (χ4n) is 1.53. The van der Waals surface area contributed by atoms with Crippen molar-refractivity contribution in [1.29, 1.82) is 0 Å². The number of hydrogen-bond donors (Lipinski definition) is 0. The molecule has 0 saturated heterocycles. The standard InChI is InChI=1S/C15H18OS/c1-11(2)15(12(3)4)10-13-6-8-14(9-7-13)17(5)16/h6-10H,1,3H2,2,4-5H3. The molecule has 17 heavy (non-hydrogen) atoms. The summed E-state index contributed by atoms with van der Waals surface area (Å²) in [7, 11) is 0. The fourth-order valence-corrected chi connectivity index (χ4v) is 2.05. The van der Waals surface area contributed by atoms with Crippen LogP contribution in [0.2, 0.25) is 0 Å². The molecule has 1 nitrogen and oxygen atoms in total. The van der Waals surface area contributed by atoms with E-state index in [4.69, 9.17) is 0 Å². The molecule has 0 saturated carbocycles. The molecule has 0 heterocycles. The number of hydrogen-bond acceptors (Lipinski definition) is 1. The number of benzene rings is 1. The van der Waals surface area contributed by atoms with Crippen LogP contribution in [0.1, 0.15) is 19.4 Å². The molecule has 0 bridgehead atoms. The van der Waals surface area contributed by atoms with Gasteiger partial charge in [0.2, 0.25) is 0 Å². The molecule has 0 aromatic heterocycles. The maximum atomic E-state index is 11.3. The van der Waals surface area contributed by atoms with Crippen molar-refractivity contribution >= 4 is 17.3 Å². The van der Waals surface area contributed by atoms with Gasteiger partial charge in [0.1, 0.15) is 6.26 Å². The Hall–Kier alpha value is -1.25. The molecule has 0 fully saturated rings. The van der Waals surface area contributed by atoms with E-state index in [1.807, 2.05) is 44.2 Å². The third kappa shape index (κ3) is 3.91. The molecular formula is C15H18OS. The van der Waals surface area contributed by atoms with Crippen LogP contribution in [0, 0.1) is 0 Å². The first-order valence-corrected chi connectivity index (χ1v) is 6.94. The van der Waals surface area contributed by atoms with Crippen molar-refractivity contribution in [3.63, 3.8) is 0 Å². The Bertz CT molecular complexity index is 436. The van der Waals surface area contributed by atoms with Crippen LogP contribution in [0.3, 0.4) is 0 Å². The highest BCUT2D eigenvalue weighted by Gasteiger charge is 2.03. The highest BCUT2D eigenvalue weighted by Crippen LogP contribution is 2.20. The Morgan fingerprint density at radius 2 is 1.59 bits per heavy atom. The van der Waals surface area contributed by atoms with Crippen LogP contribution in [-0.2, 0) is 11.2 Å². The average Bonchev–Trinajstić information content (AvgIpc) is 2.25. The maximum absolute atomic E-state index is 11.3. The third-order valence-electron chi connectivity index (χ3n) is 2.44. The van der Waals surface area contributed by atoms with Gasteiger partial charge >= 0.3 is 0 Å². The quantitative estimate of drug-likeness (QED) is 0.582. The summed E-state index contributed by atoms with van der Waals surface area (Å²) in [5.41, 5.74) is 4.14. The van der Waals surface area contributed by atoms with Gasteiger partial charge in [-0.05, 0) is 66.5 Å². The van der Waals surface area contributed by atoms with Gasteiger partial charge in [0.25, 0.3) is 0 Å². The minimum Gasteiger partial charge on any atom is -0.612 e. The molecule has 2 heteroatoms. The summed E-state index contributed by atoms with van der Waals surface area (Å²) in [6.07, 6.45) is 3.73. The van der Waals surface area contributed by atoms with E-state index in [0.29, 0.717) is 0 Å². The van der Waals surface area contributed by atoms with Crippen molar-refractivity contribution in [2.24, 2.45) is 0 Å². The zero-order valence-corrected chi connectivity index (χ0v) is 11.4. The van der Waals surface area contributed by atoms with Gasteiger partial charge in [-0.25, -0.2) is 0 Å². The van der Waals surface area contributed by atoms with E-state index in [1.54, 1.807) is 6.26 Å². The lowest BCUT2D eigenvalue weighted by atomic mass is 10.00. The van der Waals surface area contributed by atoms with Crippen LogP contribution >= 0.6 is 0 Å². The van der Waals surface area contributed by atoms with Crippen LogP contribution in [0.4, 0.5) is 0 Å². The summed E-state index contributed by atoms with van der Waals surface area (Å²) in [6.45, 7) is 11.8. The molecule has 1 rings (SSSR count). The molecule has 1 aromatic carbocycles. The van der Waals surface area contributed by atoms with Crippen molar-refractivity contribution in [1.82, 2.24) is 0 Å². The van der Waals surface area contributed by atoms with Gasteiger partial charge in [0.15, 0.2) is 4.90 Å². The predicted molar refractivity (Wildman–Crippen MR) is 76.4 cm³/mol. The third-order valence-corrected chi connectivity index (χ3v) is 3.38. The topological polar surface area (TPSA) is 23.1 Å². The lowest BCUT2D eigenvalue weighted by Gasteiger charge is -2.07. The second kappa shape index (κ2) is 5.89. The molecule has 0 radical (unpaired) electrons. The first kappa shape index (κ1) is 13.8. The van der Waals surface area contributed by atoms with E-state index < -0.39 is 11.2 Å². The summed E-state index contributed by atoms with van der Waals surface area (Å²) in [4.78, 5) is 0.842. The predicted octanol–water partition coefficient (Wildman–Crippen LogP) is 3.96. The molecule has 0 aliphatic rings. The Balaban J connectivity index is 3.05. The molecule has 0 N–H and O–H groups in total. The van der Waals surface area contributed by atoms with Crippen molar-refractivity contribution in [3.05, 3.63) is 59.7 Å². The second-order valence-corrected chi connectivity index (χ2v) is 5.52. The normalized spacial score (nSPS) is 11.8. The Kier molecular flexibility index (Phi) is 4.79. The molecule has 1 aromatic rings. The van der Waals surface area contributed by atoms with Gasteiger partial charge in [0.05, 0.1) is 0 Å². The summed E-state index contributed by atoms with van der Waals surface area (Å²) in [5.74, 6) is 0. The van der Waals surface area contributed by atoms with Crippen LogP contribution in [0.15, 0.2) is 59.0 Å². The van der Waals surface area contributed by atoms with Crippen LogP contribution in [-0.4, -0.2) is 10.8 Å². The van der Waals surface area contributed by atoms with Gasteiger partial charge in [-0.2, -0.15) is 0 Å². The molecule has 1 unspecified atom stereocenters. The van der Waals surface area contributed by atoms with E-state index in [-0.39, 0.29) is 0 Å². The molecule has 1 atom stereocenters. The van der Waals surface area contributed by atoms with E-state index in [1.165, 1.54) is 0 Å². The van der Waals surface area contributed by atoms with Crippen LogP contribution in [0.25, 0.3) is 6.08 Å². The Morgan fingerprint density at radius 1 is 1.12 bits per heavy atom. The minimum atomic E-state index is -0.923. The smallest absolute Gasteiger partial charge is 0.152 e. The van der Waals surface area contributed by atoms with E-state index in [2.05, 4.69) is 13.2 Å². The number of rotatable bonds is 4. The molecule has 0 aliphatic carbocycles. The molecule has 0 aliphatic heterocycles. The van der Waals surface area contributed by atoms with E-state index in [0.717, 1.165) is 27.2 Å². The average molecular weight is 246 g/mol. The van der Waals surface area contributed by atoms with Gasteiger partial charge < -0.3 is 4.55 Å². The summed E-state index contributed by atoms with van der Waals surface area (Å²) in [6, 6.07) is 7.69. The Morgan fingerprint density at radius 3 is 1.94 bits per heavy atom. The SMILES string of the molecule is C=C(C)C(=Cc1ccc([S+](C)[O-])cc1)C(=C)C. The summed E-state index contributed by atoms with van der Waals surface area (Å²) < 4.78 is 11.3. The first-order valence-electron chi connectivity index (χ1n) is 5.38. The fraction of sp³-hybridized carbons (Fsp3) is 0.200. The molecule has 0 spiro atoms. The van der Waals surface area contributed by atoms with Gasteiger partial charge in [-0.1, -0.05) is 24.3 Å². The number of allylic oxidation sites excluding steroid dienone is 3. The van der Waals surface area contributed by atoms with Crippen molar-refractivity contribution in [2.75, 3.05) is 6.26 Å².